The number of ether oxygens (including phenoxy) is 2. The van der Waals surface area contributed by atoms with Crippen molar-refractivity contribution in [3.63, 3.8) is 0 Å². The highest BCUT2D eigenvalue weighted by molar-refractivity contribution is 6.32. The van der Waals surface area contributed by atoms with Crippen molar-refractivity contribution in [1.29, 1.82) is 0 Å². The molecule has 35 heavy (non-hydrogen) atoms. The van der Waals surface area contributed by atoms with Crippen LogP contribution >= 0.6 is 11.6 Å². The first-order valence-electron chi connectivity index (χ1n) is 11.0. The smallest absolute Gasteiger partial charge is 0.219 e. The van der Waals surface area contributed by atoms with Gasteiger partial charge in [0.1, 0.15) is 36.4 Å². The van der Waals surface area contributed by atoms with Gasteiger partial charge in [-0.2, -0.15) is 0 Å². The summed E-state index contributed by atoms with van der Waals surface area (Å²) in [7, 11) is 1.74. The summed E-state index contributed by atoms with van der Waals surface area (Å²) in [5, 5.41) is 4.47. The maximum Gasteiger partial charge on any atom is 0.219 e. The molecule has 2 aromatic carbocycles. The zero-order valence-corrected chi connectivity index (χ0v) is 20.4. The first-order valence-corrected chi connectivity index (χ1v) is 11.3. The van der Waals surface area contributed by atoms with Crippen LogP contribution in [0, 0.1) is 0 Å². The normalized spacial score (nSPS) is 11.7. The minimum absolute atomic E-state index is 0.0231. The average molecular weight is 493 g/mol. The van der Waals surface area contributed by atoms with Gasteiger partial charge < -0.3 is 19.7 Å². The third-order valence-corrected chi connectivity index (χ3v) is 5.50. The lowest BCUT2D eigenvalue weighted by Crippen LogP contribution is -2.34. The van der Waals surface area contributed by atoms with Gasteiger partial charge in [0.15, 0.2) is 0 Å². The zero-order chi connectivity index (χ0) is 24.8. The number of likely N-dealkylation sites (N-methyl/N-ethyl adjacent to an activating group) is 1. The Morgan fingerprint density at radius 1 is 1.14 bits per heavy atom. The second-order valence-electron chi connectivity index (χ2n) is 7.96. The number of aromatic nitrogens is 4. The van der Waals surface area contributed by atoms with Crippen LogP contribution in [0.3, 0.4) is 0 Å². The minimum atomic E-state index is -0.234. The van der Waals surface area contributed by atoms with Crippen LogP contribution in [0.4, 0.5) is 11.5 Å². The highest BCUT2D eigenvalue weighted by Gasteiger charge is 2.15. The van der Waals surface area contributed by atoms with Gasteiger partial charge in [0, 0.05) is 32.1 Å². The number of hydrogen-bond acceptors (Lipinski definition) is 8. The van der Waals surface area contributed by atoms with Crippen molar-refractivity contribution in [2.45, 2.75) is 26.6 Å². The van der Waals surface area contributed by atoms with Crippen LogP contribution in [0.15, 0.2) is 61.3 Å². The molecule has 10 heteroatoms. The van der Waals surface area contributed by atoms with Gasteiger partial charge in [0.25, 0.3) is 0 Å². The Morgan fingerprint density at radius 3 is 2.74 bits per heavy atom. The van der Waals surface area contributed by atoms with Crippen molar-refractivity contribution in [1.82, 2.24) is 24.8 Å². The fraction of sp³-hybridized carbons (Fsp3) is 0.240. The average Bonchev–Trinajstić information content (AvgIpc) is 2.84. The van der Waals surface area contributed by atoms with E-state index in [1.54, 1.807) is 42.7 Å². The quantitative estimate of drug-likeness (QED) is 0.360. The van der Waals surface area contributed by atoms with E-state index in [-0.39, 0.29) is 18.6 Å². The molecule has 1 amide bonds. The summed E-state index contributed by atoms with van der Waals surface area (Å²) in [6.07, 6.45) is 6.11. The molecule has 0 aliphatic heterocycles. The summed E-state index contributed by atoms with van der Waals surface area (Å²) in [6.45, 7) is 4.15. The number of amides is 1. The molecule has 1 N–H and O–H groups in total. The molecular formula is C25H25ClN6O3. The van der Waals surface area contributed by atoms with Gasteiger partial charge in [-0.15, -0.1) is 0 Å². The van der Waals surface area contributed by atoms with E-state index in [2.05, 4.69) is 25.3 Å². The maximum atomic E-state index is 11.6. The first kappa shape index (κ1) is 24.2. The third-order valence-electron chi connectivity index (χ3n) is 5.21. The van der Waals surface area contributed by atoms with Gasteiger partial charge in [0.05, 0.1) is 34.4 Å². The molecule has 4 rings (SSSR count). The van der Waals surface area contributed by atoms with E-state index in [4.69, 9.17) is 21.1 Å². The number of carbonyl (C=O) groups is 1. The number of nitrogens with zero attached hydrogens (tertiary/aromatic N) is 5. The van der Waals surface area contributed by atoms with Crippen molar-refractivity contribution >= 4 is 39.9 Å². The van der Waals surface area contributed by atoms with Crippen LogP contribution in [0.5, 0.6) is 11.5 Å². The largest absolute Gasteiger partial charge is 0.488 e. The minimum Gasteiger partial charge on any atom is -0.488 e. The summed E-state index contributed by atoms with van der Waals surface area (Å²) in [4.78, 5) is 30.2. The van der Waals surface area contributed by atoms with Crippen molar-refractivity contribution in [2.75, 3.05) is 18.9 Å². The Labute approximate surface area is 208 Å². The molecule has 2 heterocycles. The lowest BCUT2D eigenvalue weighted by Gasteiger charge is -2.22. The molecule has 0 spiro atoms. The van der Waals surface area contributed by atoms with Crippen molar-refractivity contribution in [2.24, 2.45) is 0 Å². The van der Waals surface area contributed by atoms with Crippen LogP contribution in [0.2, 0.25) is 5.02 Å². The predicted molar refractivity (Wildman–Crippen MR) is 134 cm³/mol. The number of halogens is 1. The molecule has 0 radical (unpaired) electrons. The van der Waals surface area contributed by atoms with Crippen LogP contribution in [0.25, 0.3) is 10.9 Å². The van der Waals surface area contributed by atoms with Crippen molar-refractivity contribution < 1.29 is 14.3 Å². The number of hydrogen-bond donors (Lipinski definition) is 1. The molecule has 0 aliphatic rings. The zero-order valence-electron chi connectivity index (χ0n) is 19.6. The van der Waals surface area contributed by atoms with E-state index >= 15 is 0 Å². The Balaban J connectivity index is 1.54. The number of rotatable bonds is 9. The SMILES string of the molecule is CC(=O)N(C)C[C@@H](C)Oc1cccc2ncnc(Nc3ccc(OCc4cnccn4)c(Cl)c3)c12. The maximum absolute atomic E-state index is 11.6. The van der Waals surface area contributed by atoms with Gasteiger partial charge in [-0.1, -0.05) is 17.7 Å². The summed E-state index contributed by atoms with van der Waals surface area (Å²) in [5.74, 6) is 1.69. The van der Waals surface area contributed by atoms with Crippen molar-refractivity contribution in [3.05, 3.63) is 72.0 Å². The Hall–Kier alpha value is -3.98. The topological polar surface area (TPSA) is 102 Å². The van der Waals surface area contributed by atoms with E-state index in [0.29, 0.717) is 34.6 Å². The van der Waals surface area contributed by atoms with Gasteiger partial charge in [-0.25, -0.2) is 9.97 Å². The summed E-state index contributed by atoms with van der Waals surface area (Å²) < 4.78 is 11.9. The molecule has 1 atom stereocenters. The number of nitrogens with one attached hydrogen (secondary N) is 1. The molecule has 2 aromatic heterocycles. The second-order valence-corrected chi connectivity index (χ2v) is 8.36. The molecule has 0 unspecified atom stereocenters. The highest BCUT2D eigenvalue weighted by atomic mass is 35.5. The lowest BCUT2D eigenvalue weighted by atomic mass is 10.2. The summed E-state index contributed by atoms with van der Waals surface area (Å²) in [5.41, 5.74) is 2.15. The fourth-order valence-corrected chi connectivity index (χ4v) is 3.66. The number of anilines is 2. The molecule has 0 saturated heterocycles. The van der Waals surface area contributed by atoms with Crippen LogP contribution in [-0.4, -0.2) is 50.4 Å². The van der Waals surface area contributed by atoms with E-state index < -0.39 is 0 Å². The van der Waals surface area contributed by atoms with Gasteiger partial charge in [0.2, 0.25) is 5.91 Å². The van der Waals surface area contributed by atoms with E-state index in [0.717, 1.165) is 16.6 Å². The molecular weight excluding hydrogens is 468 g/mol. The molecule has 0 saturated carbocycles. The first-order chi connectivity index (χ1) is 16.9. The predicted octanol–water partition coefficient (Wildman–Crippen LogP) is 4.64. The molecule has 4 aromatic rings. The van der Waals surface area contributed by atoms with Gasteiger partial charge in [-0.3, -0.25) is 14.8 Å². The molecule has 9 nitrogen and oxygen atoms in total. The third kappa shape index (κ3) is 6.13. The Kier molecular flexibility index (Phi) is 7.57. The Morgan fingerprint density at radius 2 is 2.00 bits per heavy atom. The monoisotopic (exact) mass is 492 g/mol. The van der Waals surface area contributed by atoms with Crippen molar-refractivity contribution in [3.8, 4) is 11.5 Å². The van der Waals surface area contributed by atoms with E-state index in [9.17, 15) is 4.79 Å². The number of benzene rings is 2. The summed E-state index contributed by atoms with van der Waals surface area (Å²) >= 11 is 6.46. The van der Waals surface area contributed by atoms with Crippen LogP contribution < -0.4 is 14.8 Å². The molecule has 0 fully saturated rings. The van der Waals surface area contributed by atoms with Crippen LogP contribution in [-0.2, 0) is 11.4 Å². The Bertz CT molecular complexity index is 1320. The number of fused-ring (bicyclic) bond motifs is 1. The molecule has 0 bridgehead atoms. The second kappa shape index (κ2) is 11.0. The standard InChI is InChI=1S/C25H25ClN6O3/c1-16(13-32(3)17(2)33)35-23-6-4-5-21-24(23)25(30-15-29-21)31-18-7-8-22(20(26)11-18)34-14-19-12-27-9-10-28-19/h4-12,15-16H,13-14H2,1-3H3,(H,29,30,31)/t16-/m1/s1. The molecule has 180 valence electrons. The van der Waals surface area contributed by atoms with Gasteiger partial charge >= 0.3 is 0 Å². The van der Waals surface area contributed by atoms with Crippen LogP contribution in [0.1, 0.15) is 19.5 Å². The molecule has 0 aliphatic carbocycles. The fourth-order valence-electron chi connectivity index (χ4n) is 3.43. The van der Waals surface area contributed by atoms with E-state index in [1.165, 1.54) is 13.3 Å². The number of carbonyl (C=O) groups excluding carboxylic acids is 1. The lowest BCUT2D eigenvalue weighted by molar-refractivity contribution is -0.128. The summed E-state index contributed by atoms with van der Waals surface area (Å²) in [6, 6.07) is 11.0. The highest BCUT2D eigenvalue weighted by Crippen LogP contribution is 2.34. The van der Waals surface area contributed by atoms with Gasteiger partial charge in [-0.05, 0) is 37.3 Å². The van der Waals surface area contributed by atoms with E-state index in [1.807, 2.05) is 31.2 Å².